The number of nitrogens with zero attached hydrogens (tertiary/aromatic N) is 1. The van der Waals surface area contributed by atoms with Crippen molar-refractivity contribution in [2.75, 3.05) is 6.54 Å². The number of nitriles is 1. The molecule has 0 atom stereocenters. The van der Waals surface area contributed by atoms with Crippen molar-refractivity contribution in [2.45, 2.75) is 32.1 Å². The van der Waals surface area contributed by atoms with Gasteiger partial charge in [-0.2, -0.15) is 5.26 Å². The molecule has 0 spiro atoms. The number of carbonyl (C=O) groups excluding carboxylic acids is 1. The van der Waals surface area contributed by atoms with E-state index in [2.05, 4.69) is 5.32 Å². The second-order valence-electron chi connectivity index (χ2n) is 3.61. The van der Waals surface area contributed by atoms with Crippen LogP contribution in [0.5, 0.6) is 0 Å². The first-order chi connectivity index (χ1) is 6.25. The first-order valence-electron chi connectivity index (χ1n) is 4.65. The monoisotopic (exact) mass is 181 g/mol. The third-order valence-corrected chi connectivity index (χ3v) is 2.85. The highest BCUT2D eigenvalue weighted by molar-refractivity contribution is 5.84. The average Bonchev–Trinajstić information content (AvgIpc) is 2.19. The van der Waals surface area contributed by atoms with Crippen molar-refractivity contribution in [3.05, 3.63) is 0 Å². The molecule has 4 heteroatoms. The molecular weight excluding hydrogens is 166 g/mol. The van der Waals surface area contributed by atoms with Crippen molar-refractivity contribution in [3.63, 3.8) is 0 Å². The van der Waals surface area contributed by atoms with Crippen molar-refractivity contribution in [1.29, 1.82) is 5.26 Å². The van der Waals surface area contributed by atoms with Crippen LogP contribution in [0, 0.1) is 16.9 Å². The Bertz CT molecular complexity index is 226. The Morgan fingerprint density at radius 1 is 1.46 bits per heavy atom. The zero-order valence-electron chi connectivity index (χ0n) is 7.68. The van der Waals surface area contributed by atoms with Crippen LogP contribution in [0.2, 0.25) is 0 Å². The third kappa shape index (κ3) is 1.99. The lowest BCUT2D eigenvalue weighted by Gasteiger charge is -2.33. The van der Waals surface area contributed by atoms with E-state index >= 15 is 0 Å². The molecular formula is C9H15N3O. The Morgan fingerprint density at radius 3 is 2.54 bits per heavy atom. The standard InChI is InChI=1S/C9H15N3O/c10-6-9(8(13)12-7-11)4-2-1-3-5-9/h1-6,10H2,(H,12,13). The summed E-state index contributed by atoms with van der Waals surface area (Å²) in [6.45, 7) is 0.348. The van der Waals surface area contributed by atoms with Crippen LogP contribution in [0.1, 0.15) is 32.1 Å². The fourth-order valence-electron chi connectivity index (χ4n) is 1.94. The number of amides is 1. The Morgan fingerprint density at radius 2 is 2.08 bits per heavy atom. The molecule has 4 nitrogen and oxygen atoms in total. The van der Waals surface area contributed by atoms with Crippen LogP contribution >= 0.6 is 0 Å². The van der Waals surface area contributed by atoms with Crippen LogP contribution in [-0.2, 0) is 4.79 Å². The zero-order chi connectivity index (χ0) is 9.73. The molecule has 0 heterocycles. The molecule has 3 N–H and O–H groups in total. The third-order valence-electron chi connectivity index (χ3n) is 2.85. The van der Waals surface area contributed by atoms with Crippen molar-refractivity contribution in [1.82, 2.24) is 5.32 Å². The largest absolute Gasteiger partial charge is 0.329 e. The minimum Gasteiger partial charge on any atom is -0.329 e. The van der Waals surface area contributed by atoms with Gasteiger partial charge in [0.25, 0.3) is 0 Å². The van der Waals surface area contributed by atoms with E-state index in [4.69, 9.17) is 11.0 Å². The predicted molar refractivity (Wildman–Crippen MR) is 48.3 cm³/mol. The fourth-order valence-corrected chi connectivity index (χ4v) is 1.94. The van der Waals surface area contributed by atoms with Gasteiger partial charge in [-0.05, 0) is 12.8 Å². The lowest BCUT2D eigenvalue weighted by molar-refractivity contribution is -0.131. The molecule has 0 saturated heterocycles. The van der Waals surface area contributed by atoms with E-state index in [1.165, 1.54) is 6.42 Å². The molecule has 1 aliphatic rings. The van der Waals surface area contributed by atoms with Gasteiger partial charge in [0.1, 0.15) is 0 Å². The van der Waals surface area contributed by atoms with Crippen LogP contribution in [0.25, 0.3) is 0 Å². The highest BCUT2D eigenvalue weighted by Gasteiger charge is 2.37. The molecule has 0 aromatic carbocycles. The maximum absolute atomic E-state index is 11.5. The molecule has 1 amide bonds. The second-order valence-corrected chi connectivity index (χ2v) is 3.61. The summed E-state index contributed by atoms with van der Waals surface area (Å²) < 4.78 is 0. The van der Waals surface area contributed by atoms with Gasteiger partial charge in [0.15, 0.2) is 6.19 Å². The van der Waals surface area contributed by atoms with E-state index in [0.29, 0.717) is 6.54 Å². The molecule has 1 fully saturated rings. The molecule has 0 bridgehead atoms. The van der Waals surface area contributed by atoms with Gasteiger partial charge in [0, 0.05) is 6.54 Å². The summed E-state index contributed by atoms with van der Waals surface area (Å²) in [7, 11) is 0. The van der Waals surface area contributed by atoms with Crippen LogP contribution in [0.3, 0.4) is 0 Å². The van der Waals surface area contributed by atoms with E-state index in [9.17, 15) is 4.79 Å². The first-order valence-corrected chi connectivity index (χ1v) is 4.65. The number of hydrogen-bond donors (Lipinski definition) is 2. The van der Waals surface area contributed by atoms with Crippen LogP contribution < -0.4 is 11.1 Å². The van der Waals surface area contributed by atoms with Crippen molar-refractivity contribution < 1.29 is 4.79 Å². The number of nitrogens with two attached hydrogens (primary N) is 1. The Labute approximate surface area is 78.1 Å². The molecule has 1 saturated carbocycles. The van der Waals surface area contributed by atoms with Gasteiger partial charge in [0.05, 0.1) is 5.41 Å². The average molecular weight is 181 g/mol. The lowest BCUT2D eigenvalue weighted by Crippen LogP contribution is -2.45. The minimum absolute atomic E-state index is 0.197. The number of hydrogen-bond acceptors (Lipinski definition) is 3. The van der Waals surface area contributed by atoms with Gasteiger partial charge < -0.3 is 5.73 Å². The molecule has 0 aromatic heterocycles. The van der Waals surface area contributed by atoms with E-state index in [1.54, 1.807) is 6.19 Å². The summed E-state index contributed by atoms with van der Waals surface area (Å²) in [5.41, 5.74) is 5.13. The van der Waals surface area contributed by atoms with Crippen molar-refractivity contribution in [3.8, 4) is 6.19 Å². The maximum Gasteiger partial charge on any atom is 0.240 e. The molecule has 0 radical (unpaired) electrons. The summed E-state index contributed by atoms with van der Waals surface area (Å²) in [5, 5.41) is 10.5. The van der Waals surface area contributed by atoms with E-state index < -0.39 is 5.41 Å². The summed E-state index contributed by atoms with van der Waals surface area (Å²) in [6, 6.07) is 0. The van der Waals surface area contributed by atoms with Gasteiger partial charge in [-0.3, -0.25) is 10.1 Å². The zero-order valence-corrected chi connectivity index (χ0v) is 7.68. The topological polar surface area (TPSA) is 78.9 Å². The quantitative estimate of drug-likeness (QED) is 0.480. The van der Waals surface area contributed by atoms with Crippen molar-refractivity contribution in [2.24, 2.45) is 11.1 Å². The molecule has 0 aromatic rings. The molecule has 13 heavy (non-hydrogen) atoms. The number of rotatable bonds is 2. The second kappa shape index (κ2) is 4.24. The first kappa shape index (κ1) is 10.0. The highest BCUT2D eigenvalue weighted by Crippen LogP contribution is 2.35. The summed E-state index contributed by atoms with van der Waals surface area (Å²) in [5.74, 6) is -0.197. The Balaban J connectivity index is 2.67. The van der Waals surface area contributed by atoms with E-state index in [1.807, 2.05) is 0 Å². The van der Waals surface area contributed by atoms with Gasteiger partial charge in [-0.1, -0.05) is 19.3 Å². The maximum atomic E-state index is 11.5. The smallest absolute Gasteiger partial charge is 0.240 e. The summed E-state index contributed by atoms with van der Waals surface area (Å²) in [4.78, 5) is 11.5. The highest BCUT2D eigenvalue weighted by atomic mass is 16.2. The number of carbonyl (C=O) groups is 1. The molecule has 0 aliphatic heterocycles. The van der Waals surface area contributed by atoms with Gasteiger partial charge in [-0.25, -0.2) is 0 Å². The van der Waals surface area contributed by atoms with Crippen molar-refractivity contribution >= 4 is 5.91 Å². The van der Waals surface area contributed by atoms with Crippen LogP contribution in [0.15, 0.2) is 0 Å². The number of nitrogens with one attached hydrogen (secondary N) is 1. The Hall–Kier alpha value is -1.08. The fraction of sp³-hybridized carbons (Fsp3) is 0.778. The summed E-state index contributed by atoms with van der Waals surface area (Å²) >= 11 is 0. The SMILES string of the molecule is N#CNC(=O)C1(CN)CCCCC1. The van der Waals surface area contributed by atoms with Crippen LogP contribution in [0.4, 0.5) is 0 Å². The normalized spacial score (nSPS) is 20.3. The van der Waals surface area contributed by atoms with Crippen LogP contribution in [-0.4, -0.2) is 12.5 Å². The van der Waals surface area contributed by atoms with Gasteiger partial charge in [0.2, 0.25) is 5.91 Å². The minimum atomic E-state index is -0.464. The van der Waals surface area contributed by atoms with Gasteiger partial charge in [-0.15, -0.1) is 0 Å². The molecule has 0 unspecified atom stereocenters. The molecule has 1 rings (SSSR count). The molecule has 72 valence electrons. The lowest BCUT2D eigenvalue weighted by atomic mass is 9.73. The van der Waals surface area contributed by atoms with E-state index in [0.717, 1.165) is 25.7 Å². The van der Waals surface area contributed by atoms with E-state index in [-0.39, 0.29) is 5.91 Å². The Kier molecular flexibility index (Phi) is 3.26. The molecule has 1 aliphatic carbocycles. The van der Waals surface area contributed by atoms with Gasteiger partial charge >= 0.3 is 0 Å². The summed E-state index contributed by atoms with van der Waals surface area (Å²) in [6.07, 6.45) is 6.55. The predicted octanol–water partition coefficient (Wildman–Crippen LogP) is 0.493.